The second-order valence-electron chi connectivity index (χ2n) is 10.6. The van der Waals surface area contributed by atoms with E-state index in [9.17, 15) is 19.5 Å². The van der Waals surface area contributed by atoms with Gasteiger partial charge in [-0.15, -0.1) is 23.2 Å². The average Bonchev–Trinajstić information content (AvgIpc) is 2.80. The van der Waals surface area contributed by atoms with Gasteiger partial charge in [0.05, 0.1) is 24.7 Å². The monoisotopic (exact) mass is 486 g/mol. The number of aliphatic hydroxyl groups is 1. The quantitative estimate of drug-likeness (QED) is 0.350. The molecular formula is C24H32Cl2O6. The minimum atomic E-state index is -0.874. The summed E-state index contributed by atoms with van der Waals surface area (Å²) in [6, 6.07) is 0. The number of alkyl halides is 2. The van der Waals surface area contributed by atoms with E-state index in [1.807, 2.05) is 0 Å². The summed E-state index contributed by atoms with van der Waals surface area (Å²) in [5.74, 6) is -1.53. The number of rotatable bonds is 6. The maximum absolute atomic E-state index is 13.5. The van der Waals surface area contributed by atoms with E-state index in [4.69, 9.17) is 32.7 Å². The van der Waals surface area contributed by atoms with E-state index < -0.39 is 34.3 Å². The van der Waals surface area contributed by atoms with Crippen LogP contribution in [0.25, 0.3) is 0 Å². The number of halogens is 2. The van der Waals surface area contributed by atoms with Crippen LogP contribution in [0, 0.1) is 34.0 Å². The number of hydrogen-bond donors (Lipinski definition) is 1. The van der Waals surface area contributed by atoms with Crippen molar-refractivity contribution in [1.29, 1.82) is 0 Å². The minimum absolute atomic E-state index is 0.0140. The number of ketones is 1. The summed E-state index contributed by atoms with van der Waals surface area (Å²) in [7, 11) is 0. The van der Waals surface area contributed by atoms with Crippen LogP contribution in [-0.4, -0.2) is 53.9 Å². The highest BCUT2D eigenvalue weighted by molar-refractivity contribution is 6.26. The average molecular weight is 487 g/mol. The molecule has 5 aliphatic carbocycles. The van der Waals surface area contributed by atoms with Gasteiger partial charge in [-0.05, 0) is 61.9 Å². The first kappa shape index (κ1) is 24.0. The van der Waals surface area contributed by atoms with E-state index in [1.54, 1.807) is 0 Å². The van der Waals surface area contributed by atoms with Gasteiger partial charge in [0.15, 0.2) is 5.78 Å². The summed E-state index contributed by atoms with van der Waals surface area (Å²) in [5, 5.41) is 11.5. The molecule has 2 bridgehead atoms. The Morgan fingerprint density at radius 2 is 1.72 bits per heavy atom. The smallest absolute Gasteiger partial charge is 0.320 e. The van der Waals surface area contributed by atoms with Gasteiger partial charge < -0.3 is 14.6 Å². The van der Waals surface area contributed by atoms with Crippen molar-refractivity contribution in [2.45, 2.75) is 58.0 Å². The molecule has 178 valence electrons. The van der Waals surface area contributed by atoms with Crippen LogP contribution in [0.5, 0.6) is 0 Å². The molecule has 0 aliphatic heterocycles. The fraction of sp³-hybridized carbons (Fsp3) is 0.792. The highest BCUT2D eigenvalue weighted by Crippen LogP contribution is 2.71. The molecule has 32 heavy (non-hydrogen) atoms. The standard InChI is InChI=1S/C24H32Cl2O6/c1-14-15-4-7-24(21(14)30)17(8-15)23(13-32-20(29)11-26)6-3-5-22(2,12-31-19(28)10-25)16(23)9-18(24)27/h15-18,27H,1,3-13H2,2H3/t15-,16?,17?,18+,22-,23-,24+/m0/s1. The van der Waals surface area contributed by atoms with Gasteiger partial charge in [0.2, 0.25) is 0 Å². The highest BCUT2D eigenvalue weighted by atomic mass is 35.5. The fourth-order valence-corrected chi connectivity index (χ4v) is 7.94. The van der Waals surface area contributed by atoms with Crippen molar-refractivity contribution in [1.82, 2.24) is 0 Å². The van der Waals surface area contributed by atoms with E-state index in [0.717, 1.165) is 32.1 Å². The second-order valence-corrected chi connectivity index (χ2v) is 11.1. The van der Waals surface area contributed by atoms with Crippen molar-refractivity contribution in [3.63, 3.8) is 0 Å². The number of Topliss-reactive ketones (excluding diaryl/α,β-unsaturated/α-hetero) is 1. The fourth-order valence-electron chi connectivity index (χ4n) is 7.79. The Hall–Kier alpha value is -1.11. The normalized spacial score (nSPS) is 42.8. The Morgan fingerprint density at radius 3 is 2.38 bits per heavy atom. The molecule has 0 aromatic carbocycles. The van der Waals surface area contributed by atoms with Crippen LogP contribution in [0.1, 0.15) is 51.9 Å². The van der Waals surface area contributed by atoms with Crippen LogP contribution in [0.4, 0.5) is 0 Å². The lowest BCUT2D eigenvalue weighted by Crippen LogP contribution is -2.70. The number of aliphatic hydroxyl groups excluding tert-OH is 1. The zero-order valence-electron chi connectivity index (χ0n) is 18.5. The number of fused-ring (bicyclic) bond motifs is 3. The Kier molecular flexibility index (Phi) is 6.45. The lowest BCUT2D eigenvalue weighted by Gasteiger charge is -2.68. The molecule has 0 aromatic heterocycles. The van der Waals surface area contributed by atoms with Crippen LogP contribution in [0.15, 0.2) is 12.2 Å². The zero-order valence-corrected chi connectivity index (χ0v) is 20.1. The van der Waals surface area contributed by atoms with Crippen LogP contribution < -0.4 is 0 Å². The van der Waals surface area contributed by atoms with Gasteiger partial charge in [-0.25, -0.2) is 0 Å². The first-order valence-corrected chi connectivity index (χ1v) is 12.6. The molecule has 8 heteroatoms. The van der Waals surface area contributed by atoms with Gasteiger partial charge in [-0.3, -0.25) is 14.4 Å². The summed E-state index contributed by atoms with van der Waals surface area (Å²) in [4.78, 5) is 37.4. The van der Waals surface area contributed by atoms with Crippen LogP contribution in [0.2, 0.25) is 0 Å². The minimum Gasteiger partial charge on any atom is -0.464 e. The summed E-state index contributed by atoms with van der Waals surface area (Å²) < 4.78 is 11.1. The van der Waals surface area contributed by atoms with Crippen LogP contribution in [-0.2, 0) is 23.9 Å². The molecule has 0 heterocycles. The molecular weight excluding hydrogens is 455 g/mol. The maximum atomic E-state index is 13.5. The SMILES string of the molecule is C=C1C(=O)[C@]23CC[C@H]1CC2[C@]1(COC(=O)CCl)CCC[C@@](C)(COC(=O)CCl)C1C[C@H]3O. The van der Waals surface area contributed by atoms with Crippen molar-refractivity contribution in [2.24, 2.45) is 34.0 Å². The molecule has 0 saturated heterocycles. The first-order chi connectivity index (χ1) is 15.1. The predicted octanol–water partition coefficient (Wildman–Crippen LogP) is 3.65. The third-order valence-electron chi connectivity index (χ3n) is 9.21. The number of esters is 2. The maximum Gasteiger partial charge on any atom is 0.320 e. The van der Waals surface area contributed by atoms with Crippen LogP contribution >= 0.6 is 23.2 Å². The number of hydrogen-bond acceptors (Lipinski definition) is 6. The molecule has 0 radical (unpaired) electrons. The second kappa shape index (κ2) is 8.59. The van der Waals surface area contributed by atoms with E-state index in [2.05, 4.69) is 13.5 Å². The topological polar surface area (TPSA) is 89.9 Å². The lowest BCUT2D eigenvalue weighted by atomic mass is 9.35. The molecule has 5 fully saturated rings. The van der Waals surface area contributed by atoms with Gasteiger partial charge in [-0.1, -0.05) is 19.9 Å². The van der Waals surface area contributed by atoms with Crippen molar-refractivity contribution in [3.8, 4) is 0 Å². The molecule has 6 nitrogen and oxygen atoms in total. The van der Waals surface area contributed by atoms with E-state index in [1.165, 1.54) is 0 Å². The van der Waals surface area contributed by atoms with Crippen molar-refractivity contribution < 1.29 is 29.0 Å². The lowest BCUT2D eigenvalue weighted by molar-refractivity contribution is -0.237. The number of allylic oxidation sites excluding steroid dienone is 1. The Balaban J connectivity index is 1.76. The van der Waals surface area contributed by atoms with Gasteiger partial charge in [0.1, 0.15) is 11.8 Å². The molecule has 5 aliphatic rings. The summed E-state index contributed by atoms with van der Waals surface area (Å²) in [6.07, 6.45) is 4.30. The van der Waals surface area contributed by atoms with Gasteiger partial charge in [-0.2, -0.15) is 0 Å². The summed E-state index contributed by atoms with van der Waals surface area (Å²) in [6.45, 7) is 6.48. The first-order valence-electron chi connectivity index (χ1n) is 11.5. The van der Waals surface area contributed by atoms with Gasteiger partial charge >= 0.3 is 11.9 Å². The molecule has 5 rings (SSSR count). The molecule has 0 amide bonds. The Bertz CT molecular complexity index is 829. The zero-order chi connectivity index (χ0) is 23.3. The number of ether oxygens (including phenoxy) is 2. The van der Waals surface area contributed by atoms with Crippen LogP contribution in [0.3, 0.4) is 0 Å². The van der Waals surface area contributed by atoms with Crippen molar-refractivity contribution in [2.75, 3.05) is 25.0 Å². The number of carbonyl (C=O) groups excluding carboxylic acids is 3. The summed E-state index contributed by atoms with van der Waals surface area (Å²) in [5.41, 5.74) is -1.16. The Morgan fingerprint density at radius 1 is 1.06 bits per heavy atom. The third kappa shape index (κ3) is 3.43. The molecule has 1 N–H and O–H groups in total. The third-order valence-corrected chi connectivity index (χ3v) is 9.65. The predicted molar refractivity (Wildman–Crippen MR) is 119 cm³/mol. The van der Waals surface area contributed by atoms with Gasteiger partial charge in [0.25, 0.3) is 0 Å². The largest absolute Gasteiger partial charge is 0.464 e. The highest BCUT2D eigenvalue weighted by Gasteiger charge is 2.71. The van der Waals surface area contributed by atoms with Crippen molar-refractivity contribution >= 4 is 40.9 Å². The molecule has 5 saturated carbocycles. The molecule has 0 aromatic rings. The molecule has 2 unspecified atom stereocenters. The van der Waals surface area contributed by atoms with Gasteiger partial charge in [0, 0.05) is 10.8 Å². The summed E-state index contributed by atoms with van der Waals surface area (Å²) >= 11 is 11.3. The van der Waals surface area contributed by atoms with E-state index in [0.29, 0.717) is 18.4 Å². The molecule has 1 spiro atoms. The Labute approximate surface area is 199 Å². The number of carbonyl (C=O) groups is 3. The molecule has 7 atom stereocenters. The van der Waals surface area contributed by atoms with Crippen molar-refractivity contribution in [3.05, 3.63) is 12.2 Å². The van der Waals surface area contributed by atoms with E-state index >= 15 is 0 Å². The van der Waals surface area contributed by atoms with E-state index in [-0.39, 0.29) is 48.5 Å².